The molecule has 3 rings (SSSR count). The van der Waals surface area contributed by atoms with Crippen LogP contribution in [-0.2, 0) is 0 Å². The number of piperazine rings is 1. The van der Waals surface area contributed by atoms with Gasteiger partial charge >= 0.3 is 0 Å². The molecule has 2 aromatic rings. The molecule has 0 radical (unpaired) electrons. The molecule has 166 valence electrons. The number of hydrogen-bond donors (Lipinski definition) is 2. The van der Waals surface area contributed by atoms with E-state index in [4.69, 9.17) is 4.74 Å². The summed E-state index contributed by atoms with van der Waals surface area (Å²) in [5.74, 6) is 0.882. The normalized spacial score (nSPS) is 13.7. The second-order valence-corrected chi connectivity index (χ2v) is 7.13. The van der Waals surface area contributed by atoms with Crippen molar-refractivity contribution in [3.63, 3.8) is 0 Å². The standard InChI is InChI=1S/C21H32N4O.3BrH/c1-17-7-9-24-21-19(17)15-18(26-2)16-20(21)23-8-5-3-4-6-12-25-13-10-22-11-14-25;;;/h7,9,15-16,22-23H,3-6,8,10-14H2,1-2H3;3*1H. The molecule has 1 aliphatic rings. The maximum absolute atomic E-state index is 5.46. The van der Waals surface area contributed by atoms with Gasteiger partial charge in [-0.1, -0.05) is 12.8 Å². The van der Waals surface area contributed by atoms with Crippen molar-refractivity contribution in [3.8, 4) is 5.75 Å². The molecule has 1 fully saturated rings. The van der Waals surface area contributed by atoms with Gasteiger partial charge in [0.05, 0.1) is 18.3 Å². The van der Waals surface area contributed by atoms with Gasteiger partial charge in [0, 0.05) is 50.4 Å². The van der Waals surface area contributed by atoms with Crippen LogP contribution in [0.1, 0.15) is 31.2 Å². The first-order valence-corrected chi connectivity index (χ1v) is 9.88. The maximum Gasteiger partial charge on any atom is 0.121 e. The Balaban J connectivity index is 0.00000261. The number of fused-ring (bicyclic) bond motifs is 1. The van der Waals surface area contributed by atoms with Gasteiger partial charge in [-0.15, -0.1) is 50.9 Å². The van der Waals surface area contributed by atoms with Crippen molar-refractivity contribution < 1.29 is 4.74 Å². The van der Waals surface area contributed by atoms with Crippen LogP contribution >= 0.6 is 50.9 Å². The maximum atomic E-state index is 5.46. The van der Waals surface area contributed by atoms with Crippen molar-refractivity contribution in [1.82, 2.24) is 15.2 Å². The minimum Gasteiger partial charge on any atom is -0.497 e. The summed E-state index contributed by atoms with van der Waals surface area (Å²) in [5, 5.41) is 8.14. The number of aromatic nitrogens is 1. The summed E-state index contributed by atoms with van der Waals surface area (Å²) in [6.07, 6.45) is 6.95. The number of ether oxygens (including phenoxy) is 1. The smallest absolute Gasteiger partial charge is 0.121 e. The molecule has 1 saturated heterocycles. The Morgan fingerprint density at radius 1 is 1.07 bits per heavy atom. The lowest BCUT2D eigenvalue weighted by Gasteiger charge is -2.27. The molecule has 29 heavy (non-hydrogen) atoms. The molecule has 0 saturated carbocycles. The molecule has 0 bridgehead atoms. The third-order valence-electron chi connectivity index (χ3n) is 5.20. The summed E-state index contributed by atoms with van der Waals surface area (Å²) >= 11 is 0. The van der Waals surface area contributed by atoms with Crippen LogP contribution in [0.5, 0.6) is 5.75 Å². The number of nitrogens with one attached hydrogen (secondary N) is 2. The molecule has 0 atom stereocenters. The van der Waals surface area contributed by atoms with E-state index < -0.39 is 0 Å². The van der Waals surface area contributed by atoms with Crippen LogP contribution < -0.4 is 15.4 Å². The van der Waals surface area contributed by atoms with Crippen molar-refractivity contribution >= 4 is 67.5 Å². The average molecular weight is 599 g/mol. The monoisotopic (exact) mass is 596 g/mol. The van der Waals surface area contributed by atoms with E-state index >= 15 is 0 Å². The predicted molar refractivity (Wildman–Crippen MR) is 140 cm³/mol. The number of halogens is 3. The topological polar surface area (TPSA) is 49.4 Å². The molecule has 0 aliphatic carbocycles. The highest BCUT2D eigenvalue weighted by atomic mass is 79.9. The number of methoxy groups -OCH3 is 1. The van der Waals surface area contributed by atoms with Gasteiger partial charge in [0.15, 0.2) is 0 Å². The zero-order valence-corrected chi connectivity index (χ0v) is 22.5. The first kappa shape index (κ1) is 28.6. The number of nitrogens with zero attached hydrogens (tertiary/aromatic N) is 2. The second kappa shape index (κ2) is 15.4. The molecule has 5 nitrogen and oxygen atoms in total. The number of pyridine rings is 1. The fraction of sp³-hybridized carbons (Fsp3) is 0.571. The fourth-order valence-electron chi connectivity index (χ4n) is 3.59. The lowest BCUT2D eigenvalue weighted by Crippen LogP contribution is -2.43. The summed E-state index contributed by atoms with van der Waals surface area (Å²) in [5.41, 5.74) is 3.33. The summed E-state index contributed by atoms with van der Waals surface area (Å²) in [4.78, 5) is 7.14. The largest absolute Gasteiger partial charge is 0.497 e. The van der Waals surface area contributed by atoms with E-state index in [-0.39, 0.29) is 50.9 Å². The Bertz CT molecular complexity index is 712. The van der Waals surface area contributed by atoms with E-state index in [2.05, 4.69) is 39.6 Å². The SMILES string of the molecule is Br.Br.Br.COc1cc(NCCCCCCN2CCNCC2)c2nccc(C)c2c1. The van der Waals surface area contributed by atoms with Gasteiger partial charge in [0.25, 0.3) is 0 Å². The summed E-state index contributed by atoms with van der Waals surface area (Å²) in [6, 6.07) is 6.17. The third kappa shape index (κ3) is 8.69. The second-order valence-electron chi connectivity index (χ2n) is 7.13. The lowest BCUT2D eigenvalue weighted by molar-refractivity contribution is 0.236. The molecule has 0 amide bonds. The van der Waals surface area contributed by atoms with Crippen LogP contribution in [0, 0.1) is 6.92 Å². The van der Waals surface area contributed by atoms with Crippen LogP contribution in [0.2, 0.25) is 0 Å². The van der Waals surface area contributed by atoms with Crippen molar-refractivity contribution in [2.75, 3.05) is 51.7 Å². The van der Waals surface area contributed by atoms with E-state index in [9.17, 15) is 0 Å². The van der Waals surface area contributed by atoms with Gasteiger partial charge in [0.1, 0.15) is 5.75 Å². The van der Waals surface area contributed by atoms with Gasteiger partial charge < -0.3 is 20.3 Å². The summed E-state index contributed by atoms with van der Waals surface area (Å²) in [7, 11) is 1.72. The van der Waals surface area contributed by atoms with Gasteiger partial charge in [-0.25, -0.2) is 0 Å². The van der Waals surface area contributed by atoms with Crippen LogP contribution in [0.15, 0.2) is 24.4 Å². The van der Waals surface area contributed by atoms with E-state index in [1.165, 1.54) is 50.9 Å². The average Bonchev–Trinajstić information content (AvgIpc) is 2.68. The van der Waals surface area contributed by atoms with E-state index in [0.29, 0.717) is 0 Å². The Labute approximate surface area is 206 Å². The van der Waals surface area contributed by atoms with Crippen LogP contribution in [-0.4, -0.2) is 56.3 Å². The summed E-state index contributed by atoms with van der Waals surface area (Å²) < 4.78 is 5.46. The van der Waals surface area contributed by atoms with Crippen molar-refractivity contribution in [2.45, 2.75) is 32.6 Å². The number of hydrogen-bond acceptors (Lipinski definition) is 5. The molecule has 1 aromatic carbocycles. The highest BCUT2D eigenvalue weighted by Gasteiger charge is 2.09. The van der Waals surface area contributed by atoms with Crippen molar-refractivity contribution in [3.05, 3.63) is 30.0 Å². The van der Waals surface area contributed by atoms with Crippen LogP contribution in [0.25, 0.3) is 10.9 Å². The van der Waals surface area contributed by atoms with E-state index in [1.54, 1.807) is 7.11 Å². The van der Waals surface area contributed by atoms with Crippen LogP contribution in [0.4, 0.5) is 5.69 Å². The molecular formula is C21H35Br3N4O. The van der Waals surface area contributed by atoms with Crippen LogP contribution in [0.3, 0.4) is 0 Å². The zero-order valence-electron chi connectivity index (χ0n) is 17.4. The fourth-order valence-corrected chi connectivity index (χ4v) is 3.59. The highest BCUT2D eigenvalue weighted by Crippen LogP contribution is 2.29. The Kier molecular flexibility index (Phi) is 15.2. The Morgan fingerprint density at radius 3 is 2.52 bits per heavy atom. The molecule has 0 unspecified atom stereocenters. The molecule has 8 heteroatoms. The number of unbranched alkanes of at least 4 members (excludes halogenated alkanes) is 3. The minimum atomic E-state index is 0. The quantitative estimate of drug-likeness (QED) is 0.391. The highest BCUT2D eigenvalue weighted by molar-refractivity contribution is 8.93. The number of anilines is 1. The predicted octanol–water partition coefficient (Wildman–Crippen LogP) is 5.16. The van der Waals surface area contributed by atoms with Gasteiger partial charge in [-0.3, -0.25) is 4.98 Å². The molecule has 0 spiro atoms. The molecule has 2 N–H and O–H groups in total. The first-order valence-electron chi connectivity index (χ1n) is 9.88. The van der Waals surface area contributed by atoms with E-state index in [1.807, 2.05) is 12.3 Å². The number of benzene rings is 1. The molecule has 1 aromatic heterocycles. The molecule has 2 heterocycles. The number of aryl methyl sites for hydroxylation is 1. The third-order valence-corrected chi connectivity index (χ3v) is 5.20. The minimum absolute atomic E-state index is 0. The summed E-state index contributed by atoms with van der Waals surface area (Å²) in [6.45, 7) is 9.04. The lowest BCUT2D eigenvalue weighted by atomic mass is 10.1. The molecule has 1 aliphatic heterocycles. The Hall–Kier alpha value is -0.410. The van der Waals surface area contributed by atoms with Gasteiger partial charge in [0.2, 0.25) is 0 Å². The molecular weight excluding hydrogens is 564 g/mol. The van der Waals surface area contributed by atoms with E-state index in [0.717, 1.165) is 42.0 Å². The Morgan fingerprint density at radius 2 is 1.79 bits per heavy atom. The van der Waals surface area contributed by atoms with Crippen molar-refractivity contribution in [1.29, 1.82) is 0 Å². The van der Waals surface area contributed by atoms with Gasteiger partial charge in [-0.05, 0) is 44.0 Å². The first-order chi connectivity index (χ1) is 12.8. The van der Waals surface area contributed by atoms with Crippen molar-refractivity contribution in [2.24, 2.45) is 0 Å². The zero-order chi connectivity index (χ0) is 18.2. The number of rotatable bonds is 9. The van der Waals surface area contributed by atoms with Gasteiger partial charge in [-0.2, -0.15) is 0 Å².